The Labute approximate surface area is 176 Å². The third kappa shape index (κ3) is 5.97. The molecule has 1 atom stereocenters. The van der Waals surface area contributed by atoms with Crippen LogP contribution >= 0.6 is 0 Å². The highest BCUT2D eigenvalue weighted by Gasteiger charge is 2.22. The van der Waals surface area contributed by atoms with Crippen molar-refractivity contribution in [1.82, 2.24) is 20.1 Å². The maximum Gasteiger partial charge on any atom is 0.408 e. The molecule has 0 aliphatic carbocycles. The van der Waals surface area contributed by atoms with Crippen LogP contribution < -0.4 is 10.9 Å². The van der Waals surface area contributed by atoms with Crippen molar-refractivity contribution in [3.8, 4) is 11.5 Å². The number of aromatic nitrogens is 3. The lowest BCUT2D eigenvalue weighted by molar-refractivity contribution is 0.0498. The van der Waals surface area contributed by atoms with Gasteiger partial charge in [0.05, 0.1) is 12.6 Å². The second kappa shape index (κ2) is 9.07. The number of nitrogens with zero attached hydrogens (tertiary/aromatic N) is 3. The lowest BCUT2D eigenvalue weighted by Gasteiger charge is -2.24. The Morgan fingerprint density at radius 1 is 1.19 bits per heavy atom. The molecule has 1 amide bonds. The van der Waals surface area contributed by atoms with Crippen molar-refractivity contribution in [2.45, 2.75) is 45.4 Å². The molecule has 0 saturated heterocycles. The summed E-state index contributed by atoms with van der Waals surface area (Å²) in [6.07, 6.45) is -2.04. The number of alkyl halides is 2. The van der Waals surface area contributed by atoms with Crippen LogP contribution in [0.1, 0.15) is 44.7 Å². The lowest BCUT2D eigenvalue weighted by atomic mass is 10.1. The van der Waals surface area contributed by atoms with Crippen molar-refractivity contribution in [3.05, 3.63) is 70.5 Å². The third-order valence-corrected chi connectivity index (χ3v) is 4.14. The van der Waals surface area contributed by atoms with Gasteiger partial charge in [0.1, 0.15) is 5.60 Å². The zero-order chi connectivity index (χ0) is 22.6. The summed E-state index contributed by atoms with van der Waals surface area (Å²) in [7, 11) is 0. The minimum absolute atomic E-state index is 0.120. The van der Waals surface area contributed by atoms with Crippen LogP contribution in [0, 0.1) is 0 Å². The number of pyridine rings is 1. The largest absolute Gasteiger partial charge is 0.444 e. The van der Waals surface area contributed by atoms with Crippen LogP contribution in [0.2, 0.25) is 0 Å². The fourth-order valence-corrected chi connectivity index (χ4v) is 2.80. The van der Waals surface area contributed by atoms with Crippen molar-refractivity contribution in [1.29, 1.82) is 0 Å². The topological polar surface area (TPSA) is 99.2 Å². The number of nitrogens with one attached hydrogen (secondary N) is 1. The first-order valence-corrected chi connectivity index (χ1v) is 9.49. The van der Waals surface area contributed by atoms with Crippen LogP contribution in [-0.4, -0.2) is 26.5 Å². The summed E-state index contributed by atoms with van der Waals surface area (Å²) in [6.45, 7) is 5.38. The predicted molar refractivity (Wildman–Crippen MR) is 108 cm³/mol. The maximum absolute atomic E-state index is 12.6. The van der Waals surface area contributed by atoms with Gasteiger partial charge in [-0.25, -0.2) is 4.79 Å². The Morgan fingerprint density at radius 3 is 2.48 bits per heavy atom. The molecule has 2 heterocycles. The number of hydrogen-bond acceptors (Lipinski definition) is 6. The molecule has 1 N–H and O–H groups in total. The molecule has 0 saturated carbocycles. The standard InChI is InChI=1S/C21H22F2N4O4/c1-21(2,3)31-20(29)24-15(13-7-5-4-6-8-13)12-27-10-9-14(11-16(27)28)18-25-26-19(30-18)17(22)23/h4-11,15,17H,12H2,1-3H3,(H,24,29)/t15-/m0/s1. The van der Waals surface area contributed by atoms with Gasteiger partial charge in [-0.05, 0) is 32.4 Å². The molecule has 164 valence electrons. The summed E-state index contributed by atoms with van der Waals surface area (Å²) in [6, 6.07) is 11.3. The summed E-state index contributed by atoms with van der Waals surface area (Å²) in [5.41, 5.74) is -0.105. The van der Waals surface area contributed by atoms with E-state index in [1.807, 2.05) is 30.3 Å². The van der Waals surface area contributed by atoms with E-state index in [-0.39, 0.29) is 18.0 Å². The highest BCUT2D eigenvalue weighted by Crippen LogP contribution is 2.22. The van der Waals surface area contributed by atoms with Crippen molar-refractivity contribution in [3.63, 3.8) is 0 Å². The molecule has 0 aliphatic rings. The average Bonchev–Trinajstić information content (AvgIpc) is 3.19. The molecule has 3 aromatic rings. The second-order valence-corrected chi connectivity index (χ2v) is 7.76. The quantitative estimate of drug-likeness (QED) is 0.630. The summed E-state index contributed by atoms with van der Waals surface area (Å²) < 4.78 is 36.9. The van der Waals surface area contributed by atoms with E-state index in [4.69, 9.17) is 9.15 Å². The highest BCUT2D eigenvalue weighted by molar-refractivity contribution is 5.68. The molecule has 0 unspecified atom stereocenters. The number of carbonyl (C=O) groups excluding carboxylic acids is 1. The van der Waals surface area contributed by atoms with Gasteiger partial charge in [-0.3, -0.25) is 4.79 Å². The number of amides is 1. The average molecular weight is 432 g/mol. The molecule has 10 heteroatoms. The Hall–Kier alpha value is -3.56. The van der Waals surface area contributed by atoms with Crippen molar-refractivity contribution >= 4 is 6.09 Å². The first-order valence-electron chi connectivity index (χ1n) is 9.49. The molecule has 2 aromatic heterocycles. The summed E-state index contributed by atoms with van der Waals surface area (Å²) in [5, 5.41) is 9.58. The molecular weight excluding hydrogens is 410 g/mol. The van der Waals surface area contributed by atoms with Crippen molar-refractivity contribution < 1.29 is 22.7 Å². The number of carbonyl (C=O) groups is 1. The normalized spacial score (nSPS) is 12.6. The van der Waals surface area contributed by atoms with Crippen LogP contribution in [0.15, 0.2) is 57.9 Å². The molecule has 3 rings (SSSR count). The molecule has 0 fully saturated rings. The highest BCUT2D eigenvalue weighted by atomic mass is 19.3. The summed E-state index contributed by atoms with van der Waals surface area (Å²) in [4.78, 5) is 24.9. The molecule has 1 aromatic carbocycles. The summed E-state index contributed by atoms with van der Waals surface area (Å²) >= 11 is 0. The van der Waals surface area contributed by atoms with Crippen LogP contribution in [-0.2, 0) is 11.3 Å². The number of benzene rings is 1. The molecular formula is C21H22F2N4O4. The van der Waals surface area contributed by atoms with E-state index in [0.29, 0.717) is 0 Å². The predicted octanol–water partition coefficient (Wildman–Crippen LogP) is 4.10. The van der Waals surface area contributed by atoms with E-state index in [9.17, 15) is 18.4 Å². The van der Waals surface area contributed by atoms with Crippen LogP contribution in [0.25, 0.3) is 11.5 Å². The minimum atomic E-state index is -2.90. The van der Waals surface area contributed by atoms with Gasteiger partial charge in [0, 0.05) is 17.8 Å². The number of halogens is 2. The van der Waals surface area contributed by atoms with Gasteiger partial charge >= 0.3 is 12.5 Å². The molecule has 31 heavy (non-hydrogen) atoms. The number of hydrogen-bond donors (Lipinski definition) is 1. The van der Waals surface area contributed by atoms with E-state index in [1.54, 1.807) is 20.8 Å². The molecule has 0 spiro atoms. The molecule has 0 bridgehead atoms. The monoisotopic (exact) mass is 432 g/mol. The van der Waals surface area contributed by atoms with Crippen LogP contribution in [0.5, 0.6) is 0 Å². The Balaban J connectivity index is 1.83. The molecule has 8 nitrogen and oxygen atoms in total. The second-order valence-electron chi connectivity index (χ2n) is 7.76. The van der Waals surface area contributed by atoms with Gasteiger partial charge < -0.3 is 19.0 Å². The Bertz CT molecular complexity index is 1090. The van der Waals surface area contributed by atoms with Gasteiger partial charge in [0.15, 0.2) is 0 Å². The SMILES string of the molecule is CC(C)(C)OC(=O)N[C@@H](Cn1ccc(-c2nnc(C(F)F)o2)cc1=O)c1ccccc1. The van der Waals surface area contributed by atoms with Gasteiger partial charge in [-0.1, -0.05) is 30.3 Å². The number of alkyl carbamates (subject to hydrolysis) is 1. The lowest BCUT2D eigenvalue weighted by Crippen LogP contribution is -2.37. The van der Waals surface area contributed by atoms with E-state index in [0.717, 1.165) is 5.56 Å². The third-order valence-electron chi connectivity index (χ3n) is 4.14. The van der Waals surface area contributed by atoms with Crippen LogP contribution in [0.3, 0.4) is 0 Å². The smallest absolute Gasteiger partial charge is 0.408 e. The van der Waals surface area contributed by atoms with Gasteiger partial charge in [-0.15, -0.1) is 10.2 Å². The summed E-state index contributed by atoms with van der Waals surface area (Å²) in [5.74, 6) is -0.990. The molecule has 0 aliphatic heterocycles. The van der Waals surface area contributed by atoms with Gasteiger partial charge in [0.2, 0.25) is 5.89 Å². The number of ether oxygens (including phenoxy) is 1. The first kappa shape index (κ1) is 22.1. The maximum atomic E-state index is 12.6. The van der Waals surface area contributed by atoms with E-state index < -0.39 is 35.6 Å². The van der Waals surface area contributed by atoms with E-state index >= 15 is 0 Å². The minimum Gasteiger partial charge on any atom is -0.444 e. The van der Waals surface area contributed by atoms with Crippen LogP contribution in [0.4, 0.5) is 13.6 Å². The fourth-order valence-electron chi connectivity index (χ4n) is 2.80. The van der Waals surface area contributed by atoms with Gasteiger partial charge in [-0.2, -0.15) is 8.78 Å². The fraction of sp³-hybridized carbons (Fsp3) is 0.333. The van der Waals surface area contributed by atoms with Gasteiger partial charge in [0.25, 0.3) is 11.4 Å². The van der Waals surface area contributed by atoms with E-state index in [1.165, 1.54) is 22.9 Å². The zero-order valence-electron chi connectivity index (χ0n) is 17.2. The Morgan fingerprint density at radius 2 is 1.90 bits per heavy atom. The van der Waals surface area contributed by atoms with Crippen molar-refractivity contribution in [2.75, 3.05) is 0 Å². The zero-order valence-corrected chi connectivity index (χ0v) is 17.2. The van der Waals surface area contributed by atoms with E-state index in [2.05, 4.69) is 15.5 Å². The Kier molecular flexibility index (Phi) is 6.47. The van der Waals surface area contributed by atoms with Crippen molar-refractivity contribution in [2.24, 2.45) is 0 Å². The number of rotatable bonds is 6. The first-order chi connectivity index (χ1) is 14.6. The molecule has 0 radical (unpaired) electrons.